The molecule has 0 saturated heterocycles. The van der Waals surface area contributed by atoms with Gasteiger partial charge < -0.3 is 9.84 Å². The molecule has 0 spiro atoms. The number of rotatable bonds is 7. The molecule has 7 nitrogen and oxygen atoms in total. The predicted molar refractivity (Wildman–Crippen MR) is 111 cm³/mol. The smallest absolute Gasteiger partial charge is 0.338 e. The van der Waals surface area contributed by atoms with Crippen LogP contribution in [0.2, 0.25) is 0 Å². The summed E-state index contributed by atoms with van der Waals surface area (Å²) in [6, 6.07) is 8.96. The Bertz CT molecular complexity index is 980. The molecule has 1 aliphatic rings. The van der Waals surface area contributed by atoms with E-state index in [-0.39, 0.29) is 11.4 Å². The lowest BCUT2D eigenvalue weighted by Crippen LogP contribution is -2.31. The van der Waals surface area contributed by atoms with E-state index in [9.17, 15) is 19.5 Å². The van der Waals surface area contributed by atoms with E-state index in [1.54, 1.807) is 62.6 Å². The van der Waals surface area contributed by atoms with Gasteiger partial charge in [-0.2, -0.15) is 0 Å². The van der Waals surface area contributed by atoms with E-state index < -0.39 is 29.6 Å². The molecule has 1 aliphatic heterocycles. The Balaban J connectivity index is 2.02. The number of aliphatic hydroxyl groups excluding tert-OH is 1. The molecule has 1 atom stereocenters. The molecule has 1 amide bonds. The molecule has 1 N–H and O–H groups in total. The van der Waals surface area contributed by atoms with Crippen LogP contribution in [-0.4, -0.2) is 34.4 Å². The lowest BCUT2D eigenvalue weighted by Gasteiger charge is -2.27. The number of nitrogens with zero attached hydrogens (tertiary/aromatic N) is 2. The molecule has 0 bridgehead atoms. The van der Waals surface area contributed by atoms with Gasteiger partial charge in [0.1, 0.15) is 0 Å². The maximum atomic E-state index is 12.9. The summed E-state index contributed by atoms with van der Waals surface area (Å²) in [6.45, 7) is 5.66. The molecule has 1 aromatic heterocycles. The Morgan fingerprint density at radius 3 is 2.47 bits per heavy atom. The SMILES string of the molecule is CCCOC(=O)c1ccc(N2C(=O)C(O)=C(C(=O)C(C)C)C2c2cccnc2)cc1. The number of esters is 1. The normalized spacial score (nSPS) is 16.3. The summed E-state index contributed by atoms with van der Waals surface area (Å²) in [5.74, 6) is -2.39. The third-order valence-corrected chi connectivity index (χ3v) is 4.82. The van der Waals surface area contributed by atoms with Crippen LogP contribution in [0, 0.1) is 5.92 Å². The number of carbonyl (C=O) groups excluding carboxylic acids is 3. The van der Waals surface area contributed by atoms with Crippen molar-refractivity contribution in [2.24, 2.45) is 5.92 Å². The molecule has 1 aromatic carbocycles. The minimum Gasteiger partial charge on any atom is -0.503 e. The van der Waals surface area contributed by atoms with E-state index in [0.717, 1.165) is 6.42 Å². The second-order valence-electron chi connectivity index (χ2n) is 7.33. The molecule has 7 heteroatoms. The van der Waals surface area contributed by atoms with Gasteiger partial charge in [-0.1, -0.05) is 26.8 Å². The number of carbonyl (C=O) groups is 3. The topological polar surface area (TPSA) is 96.8 Å². The summed E-state index contributed by atoms with van der Waals surface area (Å²) in [4.78, 5) is 43.3. The van der Waals surface area contributed by atoms with Crippen LogP contribution in [0.25, 0.3) is 0 Å². The van der Waals surface area contributed by atoms with Crippen molar-refractivity contribution in [3.8, 4) is 0 Å². The van der Waals surface area contributed by atoms with E-state index in [4.69, 9.17) is 4.74 Å². The van der Waals surface area contributed by atoms with E-state index >= 15 is 0 Å². The van der Waals surface area contributed by atoms with Crippen LogP contribution in [0.4, 0.5) is 5.69 Å². The van der Waals surface area contributed by atoms with Crippen LogP contribution < -0.4 is 4.90 Å². The van der Waals surface area contributed by atoms with Crippen molar-refractivity contribution >= 4 is 23.3 Å². The van der Waals surface area contributed by atoms with E-state index in [1.165, 1.54) is 4.90 Å². The minimum absolute atomic E-state index is 0.0504. The Kier molecular flexibility index (Phi) is 6.30. The number of pyridine rings is 1. The molecule has 30 heavy (non-hydrogen) atoms. The summed E-state index contributed by atoms with van der Waals surface area (Å²) in [5.41, 5.74) is 1.45. The number of amides is 1. The number of hydrogen-bond donors (Lipinski definition) is 1. The maximum absolute atomic E-state index is 12.9. The molecule has 2 heterocycles. The van der Waals surface area contributed by atoms with Gasteiger partial charge in [-0.15, -0.1) is 0 Å². The highest BCUT2D eigenvalue weighted by atomic mass is 16.5. The van der Waals surface area contributed by atoms with Gasteiger partial charge in [-0.3, -0.25) is 19.5 Å². The second kappa shape index (κ2) is 8.90. The van der Waals surface area contributed by atoms with Gasteiger partial charge in [0.2, 0.25) is 0 Å². The van der Waals surface area contributed by atoms with Crippen LogP contribution in [0.15, 0.2) is 60.1 Å². The summed E-state index contributed by atoms with van der Waals surface area (Å²) in [5, 5.41) is 10.6. The zero-order valence-corrected chi connectivity index (χ0v) is 17.2. The monoisotopic (exact) mass is 408 g/mol. The molecule has 1 unspecified atom stereocenters. The van der Waals surface area contributed by atoms with Crippen molar-refractivity contribution in [2.45, 2.75) is 33.2 Å². The average Bonchev–Trinajstić information content (AvgIpc) is 3.02. The lowest BCUT2D eigenvalue weighted by atomic mass is 9.92. The summed E-state index contributed by atoms with van der Waals surface area (Å²) in [7, 11) is 0. The quantitative estimate of drug-likeness (QED) is 0.701. The van der Waals surface area contributed by atoms with Gasteiger partial charge in [0.05, 0.1) is 23.8 Å². The van der Waals surface area contributed by atoms with Gasteiger partial charge in [-0.05, 0) is 42.3 Å². The first-order valence-electron chi connectivity index (χ1n) is 9.84. The Hall–Kier alpha value is -3.48. The highest BCUT2D eigenvalue weighted by Gasteiger charge is 2.44. The van der Waals surface area contributed by atoms with Crippen molar-refractivity contribution < 1.29 is 24.2 Å². The Labute approximate surface area is 175 Å². The van der Waals surface area contributed by atoms with Gasteiger partial charge in [0.15, 0.2) is 11.5 Å². The number of Topliss-reactive ketones (excluding diaryl/α,β-unsaturated/α-hetero) is 1. The predicted octanol–water partition coefficient (Wildman–Crippen LogP) is 3.77. The summed E-state index contributed by atoms with van der Waals surface area (Å²) >= 11 is 0. The first-order valence-corrected chi connectivity index (χ1v) is 9.84. The first-order chi connectivity index (χ1) is 14.4. The third-order valence-electron chi connectivity index (χ3n) is 4.82. The molecular weight excluding hydrogens is 384 g/mol. The standard InChI is InChI=1S/C23H24N2O5/c1-4-12-30-23(29)15-7-9-17(10-8-15)25-19(16-6-5-11-24-13-16)18(20(26)14(2)3)21(27)22(25)28/h5-11,13-14,19,27H,4,12H2,1-3H3. The Morgan fingerprint density at radius 1 is 1.20 bits per heavy atom. The Morgan fingerprint density at radius 2 is 1.90 bits per heavy atom. The van der Waals surface area contributed by atoms with Crippen LogP contribution >= 0.6 is 0 Å². The fraction of sp³-hybridized carbons (Fsp3) is 0.304. The van der Waals surface area contributed by atoms with E-state index in [1.807, 2.05) is 6.92 Å². The summed E-state index contributed by atoms with van der Waals surface area (Å²) < 4.78 is 5.13. The van der Waals surface area contributed by atoms with Crippen molar-refractivity contribution in [2.75, 3.05) is 11.5 Å². The highest BCUT2D eigenvalue weighted by molar-refractivity contribution is 6.16. The first kappa shape index (κ1) is 21.2. The van der Waals surface area contributed by atoms with Crippen LogP contribution in [-0.2, 0) is 14.3 Å². The highest BCUT2D eigenvalue weighted by Crippen LogP contribution is 2.41. The minimum atomic E-state index is -0.806. The van der Waals surface area contributed by atoms with Gasteiger partial charge >= 0.3 is 5.97 Å². The molecule has 0 fully saturated rings. The number of hydrogen-bond acceptors (Lipinski definition) is 6. The van der Waals surface area contributed by atoms with E-state index in [2.05, 4.69) is 4.98 Å². The fourth-order valence-corrected chi connectivity index (χ4v) is 3.32. The van der Waals surface area contributed by atoms with Crippen molar-refractivity contribution in [3.63, 3.8) is 0 Å². The molecule has 3 rings (SSSR count). The largest absolute Gasteiger partial charge is 0.503 e. The number of benzene rings is 1. The van der Waals surface area contributed by atoms with Crippen molar-refractivity contribution in [3.05, 3.63) is 71.3 Å². The van der Waals surface area contributed by atoms with Gasteiger partial charge in [0, 0.05) is 24.0 Å². The third kappa shape index (κ3) is 3.96. The molecule has 0 aliphatic carbocycles. The number of ether oxygens (including phenoxy) is 1. The van der Waals surface area contributed by atoms with Crippen LogP contribution in [0.3, 0.4) is 0 Å². The molecule has 2 aromatic rings. The van der Waals surface area contributed by atoms with E-state index in [0.29, 0.717) is 23.4 Å². The summed E-state index contributed by atoms with van der Waals surface area (Å²) in [6.07, 6.45) is 3.87. The maximum Gasteiger partial charge on any atom is 0.338 e. The van der Waals surface area contributed by atoms with Crippen molar-refractivity contribution in [1.82, 2.24) is 4.98 Å². The van der Waals surface area contributed by atoms with Crippen molar-refractivity contribution in [1.29, 1.82) is 0 Å². The lowest BCUT2D eigenvalue weighted by molar-refractivity contribution is -0.119. The molecular formula is C23H24N2O5. The zero-order chi connectivity index (χ0) is 21.8. The number of ketones is 1. The van der Waals surface area contributed by atoms with Gasteiger partial charge in [0.25, 0.3) is 5.91 Å². The van der Waals surface area contributed by atoms with Gasteiger partial charge in [-0.25, -0.2) is 4.79 Å². The van der Waals surface area contributed by atoms with Crippen LogP contribution in [0.5, 0.6) is 0 Å². The second-order valence-corrected chi connectivity index (χ2v) is 7.33. The zero-order valence-electron chi connectivity index (χ0n) is 17.2. The van der Waals surface area contributed by atoms with Crippen LogP contribution in [0.1, 0.15) is 49.2 Å². The average molecular weight is 408 g/mol. The number of aliphatic hydroxyl groups is 1. The molecule has 0 radical (unpaired) electrons. The fourth-order valence-electron chi connectivity index (χ4n) is 3.32. The molecule has 156 valence electrons. The molecule has 0 saturated carbocycles. The number of aromatic nitrogens is 1. The number of anilines is 1.